The fourth-order valence-corrected chi connectivity index (χ4v) is 4.50. The molecule has 0 amide bonds. The van der Waals surface area contributed by atoms with Gasteiger partial charge in [0, 0.05) is 11.1 Å². The third kappa shape index (κ3) is 8.91. The Morgan fingerprint density at radius 1 is 0.914 bits per heavy atom. The Kier molecular flexibility index (Phi) is 16.6. The van der Waals surface area contributed by atoms with E-state index in [0.717, 1.165) is 30.5 Å². The van der Waals surface area contributed by atoms with Crippen LogP contribution in [0.5, 0.6) is 0 Å². The lowest BCUT2D eigenvalue weighted by atomic mass is 9.66. The quantitative estimate of drug-likeness (QED) is 0.302. The van der Waals surface area contributed by atoms with Gasteiger partial charge in [0.15, 0.2) is 0 Å². The second-order valence-corrected chi connectivity index (χ2v) is 7.90. The smallest absolute Gasteiger partial charge is 0.337 e. The molecule has 1 fully saturated rings. The number of carbonyl (C=O) groups excluding carboxylic acids is 1. The second-order valence-electron chi connectivity index (χ2n) is 7.90. The first kappa shape index (κ1) is 32.5. The predicted octanol–water partition coefficient (Wildman–Crippen LogP) is 9.50. The van der Waals surface area contributed by atoms with Gasteiger partial charge in [0.25, 0.3) is 0 Å². The lowest BCUT2D eigenvalue weighted by Gasteiger charge is -2.39. The molecule has 2 aromatic carbocycles. The number of nitrogens with zero attached hydrogens (tertiary/aromatic N) is 1. The van der Waals surface area contributed by atoms with Crippen molar-refractivity contribution in [3.8, 4) is 0 Å². The third-order valence-electron chi connectivity index (χ3n) is 6.25. The minimum Gasteiger partial charge on any atom is -0.465 e. The highest BCUT2D eigenvalue weighted by Gasteiger charge is 2.37. The molecule has 3 nitrogen and oxygen atoms in total. The van der Waals surface area contributed by atoms with Crippen LogP contribution in [0.4, 0.5) is 4.39 Å². The molecule has 1 saturated carbocycles. The minimum absolute atomic E-state index is 0.0174. The predicted molar refractivity (Wildman–Crippen MR) is 149 cm³/mol. The van der Waals surface area contributed by atoms with Gasteiger partial charge in [-0.25, -0.2) is 9.18 Å². The van der Waals surface area contributed by atoms with Gasteiger partial charge in [0.2, 0.25) is 0 Å². The molecule has 4 heteroatoms. The van der Waals surface area contributed by atoms with Crippen LogP contribution in [0.3, 0.4) is 0 Å². The molecule has 1 aliphatic carbocycles. The Labute approximate surface area is 214 Å². The molecule has 0 radical (unpaired) electrons. The van der Waals surface area contributed by atoms with E-state index in [0.29, 0.717) is 5.56 Å². The highest BCUT2D eigenvalue weighted by Crippen LogP contribution is 2.42. The van der Waals surface area contributed by atoms with E-state index in [1.807, 2.05) is 65.8 Å². The Morgan fingerprint density at radius 2 is 1.43 bits per heavy atom. The van der Waals surface area contributed by atoms with Crippen LogP contribution in [0.15, 0.2) is 53.5 Å². The van der Waals surface area contributed by atoms with Gasteiger partial charge in [0.1, 0.15) is 5.82 Å². The minimum atomic E-state index is -0.318. The van der Waals surface area contributed by atoms with Crippen LogP contribution in [0.1, 0.15) is 121 Å². The van der Waals surface area contributed by atoms with Gasteiger partial charge >= 0.3 is 5.97 Å². The highest BCUT2D eigenvalue weighted by atomic mass is 19.1. The number of benzene rings is 2. The van der Waals surface area contributed by atoms with Crippen molar-refractivity contribution in [3.05, 3.63) is 71.0 Å². The average Bonchev–Trinajstić information content (AvgIpc) is 2.95. The summed E-state index contributed by atoms with van der Waals surface area (Å²) in [6, 6.07) is 14.5. The molecule has 196 valence electrons. The van der Waals surface area contributed by atoms with Crippen molar-refractivity contribution in [2.75, 3.05) is 7.11 Å². The van der Waals surface area contributed by atoms with Gasteiger partial charge in [-0.3, -0.25) is 4.99 Å². The Morgan fingerprint density at radius 3 is 1.89 bits per heavy atom. The number of aliphatic imine (C=N–C) groups is 1. The fraction of sp³-hybridized carbons (Fsp3) is 0.548. The van der Waals surface area contributed by atoms with Crippen LogP contribution >= 0.6 is 0 Å². The fourth-order valence-electron chi connectivity index (χ4n) is 4.50. The van der Waals surface area contributed by atoms with Crippen molar-refractivity contribution >= 4 is 11.7 Å². The lowest BCUT2D eigenvalue weighted by Crippen LogP contribution is -2.37. The molecule has 0 aromatic heterocycles. The molecule has 0 heterocycles. The lowest BCUT2D eigenvalue weighted by molar-refractivity contribution is 0.0600. The first-order valence-electron chi connectivity index (χ1n) is 13.5. The zero-order chi connectivity index (χ0) is 26.9. The van der Waals surface area contributed by atoms with Crippen LogP contribution in [0, 0.1) is 5.82 Å². The Hall–Kier alpha value is -2.49. The molecule has 35 heavy (non-hydrogen) atoms. The molecule has 0 N–H and O–H groups in total. The van der Waals surface area contributed by atoms with E-state index in [-0.39, 0.29) is 23.2 Å². The van der Waals surface area contributed by atoms with Gasteiger partial charge in [-0.05, 0) is 61.6 Å². The monoisotopic (exact) mass is 485 g/mol. The molecule has 1 atom stereocenters. The van der Waals surface area contributed by atoms with E-state index >= 15 is 0 Å². The molecular formula is C31H48FNO2. The zero-order valence-corrected chi connectivity index (χ0v) is 23.6. The summed E-state index contributed by atoms with van der Waals surface area (Å²) in [4.78, 5) is 17.0. The maximum absolute atomic E-state index is 13.3. The molecular weight excluding hydrogens is 437 g/mol. The van der Waals surface area contributed by atoms with Crippen LogP contribution < -0.4 is 0 Å². The SMILES string of the molecule is CC.CC.CC.CCC(N=C(C)C1(c2ccc(C(=O)OC)cc2)CCCCC1)c1ccc(F)cc1. The number of carbonyl (C=O) groups is 1. The molecule has 3 rings (SSSR count). The van der Waals surface area contributed by atoms with Crippen molar-refractivity contribution in [1.29, 1.82) is 0 Å². The van der Waals surface area contributed by atoms with Crippen molar-refractivity contribution in [2.24, 2.45) is 4.99 Å². The number of hydrogen-bond donors (Lipinski definition) is 0. The van der Waals surface area contributed by atoms with Crippen LogP contribution in [-0.2, 0) is 10.2 Å². The van der Waals surface area contributed by atoms with Crippen molar-refractivity contribution < 1.29 is 13.9 Å². The number of hydrogen-bond acceptors (Lipinski definition) is 3. The van der Waals surface area contributed by atoms with Crippen molar-refractivity contribution in [2.45, 2.75) is 105 Å². The zero-order valence-electron chi connectivity index (χ0n) is 23.6. The first-order chi connectivity index (χ1) is 17.0. The molecule has 1 unspecified atom stereocenters. The van der Waals surface area contributed by atoms with Crippen LogP contribution in [-0.4, -0.2) is 18.8 Å². The molecule has 0 spiro atoms. The summed E-state index contributed by atoms with van der Waals surface area (Å²) in [5.41, 5.74) is 3.83. The van der Waals surface area contributed by atoms with E-state index in [9.17, 15) is 9.18 Å². The largest absolute Gasteiger partial charge is 0.465 e. The maximum Gasteiger partial charge on any atom is 0.337 e. The summed E-state index contributed by atoms with van der Waals surface area (Å²) >= 11 is 0. The normalized spacial score (nSPS) is 15.1. The topological polar surface area (TPSA) is 38.7 Å². The van der Waals surface area contributed by atoms with Crippen molar-refractivity contribution in [1.82, 2.24) is 0 Å². The van der Waals surface area contributed by atoms with Crippen LogP contribution in [0.25, 0.3) is 0 Å². The third-order valence-corrected chi connectivity index (χ3v) is 6.25. The summed E-state index contributed by atoms with van der Waals surface area (Å²) in [5.74, 6) is -0.541. The molecule has 0 aliphatic heterocycles. The summed E-state index contributed by atoms with van der Waals surface area (Å²) in [6.45, 7) is 16.2. The summed E-state index contributed by atoms with van der Waals surface area (Å²) in [6.07, 6.45) is 6.54. The second kappa shape index (κ2) is 17.9. The van der Waals surface area contributed by atoms with E-state index in [2.05, 4.69) is 26.0 Å². The maximum atomic E-state index is 13.3. The molecule has 2 aromatic rings. The molecule has 0 saturated heterocycles. The summed E-state index contributed by atoms with van der Waals surface area (Å²) < 4.78 is 18.2. The van der Waals surface area contributed by atoms with Crippen molar-refractivity contribution in [3.63, 3.8) is 0 Å². The van der Waals surface area contributed by atoms with Gasteiger partial charge in [-0.1, -0.05) is 92.0 Å². The molecule has 1 aliphatic rings. The number of methoxy groups -OCH3 is 1. The van der Waals surface area contributed by atoms with E-state index < -0.39 is 0 Å². The number of halogens is 1. The summed E-state index contributed by atoms with van der Waals surface area (Å²) in [5, 5.41) is 0. The van der Waals surface area contributed by atoms with Gasteiger partial charge in [-0.15, -0.1) is 0 Å². The Balaban J connectivity index is 0.00000179. The average molecular weight is 486 g/mol. The first-order valence-corrected chi connectivity index (χ1v) is 13.5. The van der Waals surface area contributed by atoms with Gasteiger partial charge < -0.3 is 4.74 Å². The number of esters is 1. The van der Waals surface area contributed by atoms with Gasteiger partial charge in [-0.2, -0.15) is 0 Å². The van der Waals surface area contributed by atoms with E-state index in [1.165, 1.54) is 44.1 Å². The van der Waals surface area contributed by atoms with E-state index in [4.69, 9.17) is 9.73 Å². The standard InChI is InChI=1S/C25H30FNO2.3C2H6/c1-4-23(19-10-14-22(26)15-11-19)27-18(2)25(16-6-5-7-17-25)21-12-8-20(9-13-21)24(28)29-3;3*1-2/h8-15,23H,4-7,16-17H2,1-3H3;3*1-2H3. The Bertz CT molecular complexity index is 851. The number of ether oxygens (including phenoxy) is 1. The van der Waals surface area contributed by atoms with E-state index in [1.54, 1.807) is 0 Å². The van der Waals surface area contributed by atoms with Crippen LogP contribution in [0.2, 0.25) is 0 Å². The molecule has 0 bridgehead atoms. The number of rotatable bonds is 6. The summed E-state index contributed by atoms with van der Waals surface area (Å²) in [7, 11) is 1.40. The highest BCUT2D eigenvalue weighted by molar-refractivity contribution is 5.94. The van der Waals surface area contributed by atoms with Gasteiger partial charge in [0.05, 0.1) is 18.7 Å².